The van der Waals surface area contributed by atoms with Gasteiger partial charge in [-0.05, 0) is 81.3 Å². The molecule has 2 N–H and O–H groups in total. The molecule has 0 saturated carbocycles. The highest BCUT2D eigenvalue weighted by Crippen LogP contribution is 2.34. The van der Waals surface area contributed by atoms with Crippen LogP contribution in [-0.2, 0) is 33.4 Å². The van der Waals surface area contributed by atoms with Crippen LogP contribution in [0, 0.1) is 17.5 Å². The van der Waals surface area contributed by atoms with Crippen molar-refractivity contribution < 1.29 is 37.9 Å². The molecule has 4 rings (SSSR count). The molecule has 1 aliphatic rings. The lowest BCUT2D eigenvalue weighted by Gasteiger charge is -2.24. The van der Waals surface area contributed by atoms with E-state index in [1.165, 1.54) is 0 Å². The molecule has 262 valence electrons. The Morgan fingerprint density at radius 1 is 1.00 bits per heavy atom. The number of amides is 1. The summed E-state index contributed by atoms with van der Waals surface area (Å²) in [6.07, 6.45) is 2.96. The van der Waals surface area contributed by atoms with Crippen LogP contribution in [-0.4, -0.2) is 52.7 Å². The average molecular weight is 690 g/mol. The fraction of sp³-hybridized carbons (Fsp3) is 0.436. The number of aliphatic hydroxyl groups excluding tert-OH is 1. The molecule has 0 fully saturated rings. The smallest absolute Gasteiger partial charge is 0.408 e. The van der Waals surface area contributed by atoms with Crippen LogP contribution in [0.25, 0.3) is 0 Å². The molecule has 0 spiro atoms. The zero-order chi connectivity index (χ0) is 35.4. The van der Waals surface area contributed by atoms with E-state index in [1.807, 2.05) is 36.4 Å². The third kappa shape index (κ3) is 12.3. The Bertz CT molecular complexity index is 1600. The van der Waals surface area contributed by atoms with Crippen molar-refractivity contribution in [3.05, 3.63) is 94.9 Å². The highest BCUT2D eigenvalue weighted by atomic mass is 32.2. The van der Waals surface area contributed by atoms with Crippen LogP contribution < -0.4 is 19.5 Å². The van der Waals surface area contributed by atoms with Crippen LogP contribution in [0.4, 0.5) is 4.79 Å². The van der Waals surface area contributed by atoms with E-state index in [9.17, 15) is 18.9 Å². The predicted molar refractivity (Wildman–Crippen MR) is 188 cm³/mol. The van der Waals surface area contributed by atoms with Crippen molar-refractivity contribution >= 4 is 22.7 Å². The van der Waals surface area contributed by atoms with Crippen LogP contribution in [0.3, 0.4) is 0 Å². The normalized spacial score (nSPS) is 14.3. The summed E-state index contributed by atoms with van der Waals surface area (Å²) in [7, 11) is -1.71. The maximum Gasteiger partial charge on any atom is 0.408 e. The molecular weight excluding hydrogens is 642 g/mol. The summed E-state index contributed by atoms with van der Waals surface area (Å²) in [4.78, 5) is 27.9. The first-order valence-electron chi connectivity index (χ1n) is 16.5. The van der Waals surface area contributed by atoms with Crippen LogP contribution in [0.5, 0.6) is 17.2 Å². The molecule has 1 aliphatic heterocycles. The number of nitrogens with one attached hydrogen (secondary N) is 1. The molecule has 1 heterocycles. The summed E-state index contributed by atoms with van der Waals surface area (Å²) >= 11 is 0. The molecular formula is C39H47NO8S. The number of ketones is 1. The van der Waals surface area contributed by atoms with Gasteiger partial charge in [-0.1, -0.05) is 56.3 Å². The number of benzene rings is 2. The Hall–Kier alpha value is -4.33. The van der Waals surface area contributed by atoms with E-state index >= 15 is 0 Å². The van der Waals surface area contributed by atoms with Gasteiger partial charge in [-0.3, -0.25) is 4.79 Å². The fourth-order valence-electron chi connectivity index (χ4n) is 5.10. The van der Waals surface area contributed by atoms with Crippen LogP contribution >= 0.6 is 0 Å². The van der Waals surface area contributed by atoms with Gasteiger partial charge < -0.3 is 29.4 Å². The molecule has 3 aromatic rings. The number of carbonyl (C=O) groups excluding carboxylic acids is 2. The number of ether oxygens (including phenoxy) is 4. The first-order chi connectivity index (χ1) is 23.3. The molecule has 2 atom stereocenters. The number of hydrogen-bond acceptors (Lipinski definition) is 8. The van der Waals surface area contributed by atoms with Crippen LogP contribution in [0.15, 0.2) is 76.5 Å². The summed E-state index contributed by atoms with van der Waals surface area (Å²) in [6, 6.07) is 23.5. The summed E-state index contributed by atoms with van der Waals surface area (Å²) in [5, 5.41) is 12.1. The average Bonchev–Trinajstić information content (AvgIpc) is 3.07. The van der Waals surface area contributed by atoms with Gasteiger partial charge in [0.2, 0.25) is 0 Å². The first-order valence-corrected chi connectivity index (χ1v) is 17.7. The Morgan fingerprint density at radius 3 is 2.41 bits per heavy atom. The summed E-state index contributed by atoms with van der Waals surface area (Å²) in [6.45, 7) is 10.6. The Morgan fingerprint density at radius 2 is 1.73 bits per heavy atom. The summed E-state index contributed by atoms with van der Waals surface area (Å²) < 4.78 is 36.8. The fourth-order valence-corrected chi connectivity index (χ4v) is 6.32. The molecule has 3 aromatic carbocycles. The second kappa shape index (κ2) is 17.4. The highest BCUT2D eigenvalue weighted by Gasteiger charge is 2.28. The van der Waals surface area contributed by atoms with Gasteiger partial charge in [0.05, 0.1) is 16.8 Å². The zero-order valence-corrected chi connectivity index (χ0v) is 29.8. The number of rotatable bonds is 16. The molecule has 0 saturated heterocycles. The molecule has 1 unspecified atom stereocenters. The number of Topliss-reactive ketones (excluding diaryl/α,β-unsaturated/α-hetero) is 1. The van der Waals surface area contributed by atoms with E-state index in [1.54, 1.807) is 51.1 Å². The van der Waals surface area contributed by atoms with Crippen LogP contribution in [0.2, 0.25) is 0 Å². The van der Waals surface area contributed by atoms with E-state index in [4.69, 9.17) is 18.9 Å². The standard InChI is InChI=1S/C39H47NO8S/c1-38(2,3)48-37(43)40-33(24-28-12-14-30(15-13-28)47-27-29-10-7-6-8-11-29)34(42)25-32(18-20-39(4,5)19-9-21-41)49(44)31-16-17-35-36(26-31)46-23-22-45-35/h6-8,10-12,14,16-18,26,33,41H,9,19-25,27H2,1-5H3,(H,40,43)/b32-18-/t33-,49?/m0/s1. The Kier molecular flexibility index (Phi) is 13.3. The number of hydrogen-bond donors (Lipinski definition) is 2. The van der Waals surface area contributed by atoms with E-state index in [0.717, 1.165) is 12.0 Å². The quantitative estimate of drug-likeness (QED) is 0.167. The third-order valence-corrected chi connectivity index (χ3v) is 9.20. The topological polar surface area (TPSA) is 120 Å². The van der Waals surface area contributed by atoms with Crippen molar-refractivity contribution in [2.45, 2.75) is 89.9 Å². The van der Waals surface area contributed by atoms with Crippen molar-refractivity contribution in [2.24, 2.45) is 5.41 Å². The second-order valence-corrected chi connectivity index (χ2v) is 15.3. The Balaban J connectivity index is 1.57. The SMILES string of the molecule is CC(C)(C/C=C(/CC(=O)[C@H](Cc1c#cc(OCc2ccccc2)cc1)NC(=O)OC(C)(C)C)S(=O)c1ccc2c(c1)OCCO2)CCCO. The van der Waals surface area contributed by atoms with E-state index in [-0.39, 0.29) is 30.6 Å². The number of aliphatic hydroxyl groups is 1. The molecule has 9 nitrogen and oxygen atoms in total. The molecule has 0 aliphatic carbocycles. The van der Waals surface area contributed by atoms with Gasteiger partial charge in [0.1, 0.15) is 25.4 Å². The lowest BCUT2D eigenvalue weighted by Crippen LogP contribution is -2.45. The predicted octanol–water partition coefficient (Wildman–Crippen LogP) is 6.91. The summed E-state index contributed by atoms with van der Waals surface area (Å²) in [5.74, 6) is 1.23. The van der Waals surface area contributed by atoms with Crippen LogP contribution in [0.1, 0.15) is 71.4 Å². The van der Waals surface area contributed by atoms with E-state index in [0.29, 0.717) is 65.3 Å². The van der Waals surface area contributed by atoms with Crippen molar-refractivity contribution in [1.29, 1.82) is 0 Å². The van der Waals surface area contributed by atoms with Gasteiger partial charge in [0.15, 0.2) is 23.0 Å². The number of alkyl carbamates (subject to hydrolysis) is 1. The van der Waals surface area contributed by atoms with Crippen molar-refractivity contribution in [3.8, 4) is 17.2 Å². The lowest BCUT2D eigenvalue weighted by atomic mass is 9.84. The van der Waals surface area contributed by atoms with Crippen molar-refractivity contribution in [3.63, 3.8) is 0 Å². The van der Waals surface area contributed by atoms with Gasteiger partial charge in [0, 0.05) is 40.9 Å². The molecule has 0 bridgehead atoms. The molecule has 10 heteroatoms. The van der Waals surface area contributed by atoms with Gasteiger partial charge in [-0.2, -0.15) is 0 Å². The maximum atomic E-state index is 14.1. The van der Waals surface area contributed by atoms with Gasteiger partial charge in [-0.25, -0.2) is 9.00 Å². The molecule has 0 radical (unpaired) electrons. The number of carbonyl (C=O) groups is 2. The lowest BCUT2D eigenvalue weighted by molar-refractivity contribution is -0.120. The maximum absolute atomic E-state index is 14.1. The van der Waals surface area contributed by atoms with Gasteiger partial charge in [0.25, 0.3) is 0 Å². The zero-order valence-electron chi connectivity index (χ0n) is 29.0. The van der Waals surface area contributed by atoms with Crippen molar-refractivity contribution in [2.75, 3.05) is 19.8 Å². The van der Waals surface area contributed by atoms with E-state index < -0.39 is 28.5 Å². The number of fused-ring (bicyclic) bond motifs is 1. The van der Waals surface area contributed by atoms with Crippen molar-refractivity contribution in [1.82, 2.24) is 5.32 Å². The summed E-state index contributed by atoms with van der Waals surface area (Å²) in [5.41, 5.74) is 0.656. The van der Waals surface area contributed by atoms with Gasteiger partial charge in [-0.15, -0.1) is 0 Å². The first kappa shape index (κ1) is 37.5. The third-order valence-electron chi connectivity index (χ3n) is 7.73. The molecule has 0 aromatic heterocycles. The van der Waals surface area contributed by atoms with Gasteiger partial charge >= 0.3 is 6.09 Å². The largest absolute Gasteiger partial charge is 0.486 e. The minimum absolute atomic E-state index is 0.0776. The second-order valence-electron chi connectivity index (χ2n) is 13.7. The minimum Gasteiger partial charge on any atom is -0.486 e. The van der Waals surface area contributed by atoms with E-state index in [2.05, 4.69) is 31.3 Å². The monoisotopic (exact) mass is 689 g/mol. The number of allylic oxidation sites excluding steroid dienone is 2. The highest BCUT2D eigenvalue weighted by molar-refractivity contribution is 7.89. The Labute approximate surface area is 292 Å². The minimum atomic E-state index is -1.71. The molecule has 49 heavy (non-hydrogen) atoms. The molecule has 1 amide bonds.